The van der Waals surface area contributed by atoms with Gasteiger partial charge in [-0.25, -0.2) is 8.42 Å². The lowest BCUT2D eigenvalue weighted by atomic mass is 9.95. The molecule has 2 aromatic rings. The fourth-order valence-corrected chi connectivity index (χ4v) is 3.87. The first-order valence-corrected chi connectivity index (χ1v) is 9.52. The van der Waals surface area contributed by atoms with Crippen molar-refractivity contribution in [2.75, 3.05) is 7.05 Å². The Bertz CT molecular complexity index is 1020. The van der Waals surface area contributed by atoms with Crippen molar-refractivity contribution in [3.8, 4) is 6.07 Å². The molecule has 0 amide bonds. The van der Waals surface area contributed by atoms with Gasteiger partial charge in [-0.3, -0.25) is 9.10 Å². The van der Waals surface area contributed by atoms with Gasteiger partial charge in [0.05, 0.1) is 11.0 Å². The lowest BCUT2D eigenvalue weighted by Gasteiger charge is -2.15. The molecule has 2 aromatic carbocycles. The SMILES string of the molecule is Cc1ccc(S(=O)(=O)N(C)/C=C2\CC2(C#N)C(=O)c2ccccc2)cc1. The van der Waals surface area contributed by atoms with Gasteiger partial charge < -0.3 is 0 Å². The van der Waals surface area contributed by atoms with Gasteiger partial charge in [-0.1, -0.05) is 48.0 Å². The zero-order valence-corrected chi connectivity index (χ0v) is 15.3. The summed E-state index contributed by atoms with van der Waals surface area (Å²) in [5.41, 5.74) is 0.649. The van der Waals surface area contributed by atoms with Crippen molar-refractivity contribution < 1.29 is 13.2 Å². The number of hydrogen-bond acceptors (Lipinski definition) is 4. The van der Waals surface area contributed by atoms with E-state index >= 15 is 0 Å². The molecule has 26 heavy (non-hydrogen) atoms. The number of sulfonamides is 1. The van der Waals surface area contributed by atoms with E-state index in [4.69, 9.17) is 0 Å². The van der Waals surface area contributed by atoms with E-state index < -0.39 is 15.4 Å². The highest BCUT2D eigenvalue weighted by Gasteiger charge is 2.56. The van der Waals surface area contributed by atoms with Gasteiger partial charge in [0.15, 0.2) is 5.78 Å². The van der Waals surface area contributed by atoms with Gasteiger partial charge in [0.1, 0.15) is 5.41 Å². The standard InChI is InChI=1S/C20H18N2O3S/c1-15-8-10-18(11-9-15)26(24,25)22(2)13-17-12-20(17,14-21)19(23)16-6-4-3-5-7-16/h3-11,13H,12H2,1-2H3/b17-13+. The molecule has 0 radical (unpaired) electrons. The van der Waals surface area contributed by atoms with E-state index in [1.165, 1.54) is 13.2 Å². The molecule has 1 aliphatic carbocycles. The molecule has 0 aromatic heterocycles. The highest BCUT2D eigenvalue weighted by molar-refractivity contribution is 7.89. The first-order chi connectivity index (χ1) is 12.3. The molecule has 0 bridgehead atoms. The number of ketones is 1. The second-order valence-electron chi connectivity index (χ2n) is 6.38. The predicted molar refractivity (Wildman–Crippen MR) is 97.6 cm³/mol. The van der Waals surface area contributed by atoms with Gasteiger partial charge in [-0.05, 0) is 24.6 Å². The van der Waals surface area contributed by atoms with Gasteiger partial charge in [0, 0.05) is 25.2 Å². The third kappa shape index (κ3) is 3.02. The van der Waals surface area contributed by atoms with Crippen molar-refractivity contribution in [2.45, 2.75) is 18.2 Å². The molecule has 0 N–H and O–H groups in total. The maximum Gasteiger partial charge on any atom is 0.263 e. The number of allylic oxidation sites excluding steroid dienone is 1. The fraction of sp³-hybridized carbons (Fsp3) is 0.200. The van der Waals surface area contributed by atoms with Crippen LogP contribution in [0.4, 0.5) is 0 Å². The summed E-state index contributed by atoms with van der Waals surface area (Å²) in [7, 11) is -2.31. The predicted octanol–water partition coefficient (Wildman–Crippen LogP) is 3.30. The molecule has 0 spiro atoms. The molecule has 1 aliphatic rings. The lowest BCUT2D eigenvalue weighted by molar-refractivity contribution is 0.0941. The highest BCUT2D eigenvalue weighted by Crippen LogP contribution is 2.54. The quantitative estimate of drug-likeness (QED) is 0.761. The molecule has 1 fully saturated rings. The van der Waals surface area contributed by atoms with Gasteiger partial charge >= 0.3 is 0 Å². The first-order valence-electron chi connectivity index (χ1n) is 8.08. The van der Waals surface area contributed by atoms with E-state index in [1.807, 2.05) is 6.92 Å². The summed E-state index contributed by atoms with van der Waals surface area (Å²) in [4.78, 5) is 12.8. The Morgan fingerprint density at radius 3 is 2.35 bits per heavy atom. The van der Waals surface area contributed by atoms with Crippen LogP contribution in [0.2, 0.25) is 0 Å². The number of rotatable bonds is 5. The van der Waals surface area contributed by atoms with Crippen LogP contribution >= 0.6 is 0 Å². The van der Waals surface area contributed by atoms with Crippen molar-refractivity contribution >= 4 is 15.8 Å². The molecule has 6 heteroatoms. The van der Waals surface area contributed by atoms with Crippen LogP contribution in [0.1, 0.15) is 22.3 Å². The summed E-state index contributed by atoms with van der Waals surface area (Å²) >= 11 is 0. The molecule has 0 saturated heterocycles. The number of benzene rings is 2. The minimum Gasteiger partial charge on any atom is -0.292 e. The van der Waals surface area contributed by atoms with Crippen molar-refractivity contribution in [3.63, 3.8) is 0 Å². The maximum atomic E-state index is 12.7. The number of nitrogens with zero attached hydrogens (tertiary/aromatic N) is 2. The molecular weight excluding hydrogens is 348 g/mol. The average Bonchev–Trinajstić information content (AvgIpc) is 3.36. The number of hydrogen-bond donors (Lipinski definition) is 0. The Morgan fingerprint density at radius 1 is 1.15 bits per heavy atom. The molecule has 1 unspecified atom stereocenters. The van der Waals surface area contributed by atoms with Crippen LogP contribution in [0, 0.1) is 23.7 Å². The molecule has 0 heterocycles. The third-order valence-electron chi connectivity index (χ3n) is 4.53. The molecule has 132 valence electrons. The maximum absolute atomic E-state index is 12.7. The van der Waals surface area contributed by atoms with Crippen LogP contribution in [0.15, 0.2) is 71.3 Å². The topological polar surface area (TPSA) is 78.2 Å². The largest absolute Gasteiger partial charge is 0.292 e. The summed E-state index contributed by atoms with van der Waals surface area (Å²) in [5, 5.41) is 9.54. The highest BCUT2D eigenvalue weighted by atomic mass is 32.2. The Hall–Kier alpha value is -2.91. The van der Waals surface area contributed by atoms with Crippen LogP contribution in [0.25, 0.3) is 0 Å². The van der Waals surface area contributed by atoms with E-state index in [1.54, 1.807) is 54.6 Å². The second-order valence-corrected chi connectivity index (χ2v) is 8.38. The molecule has 1 saturated carbocycles. The number of aryl methyl sites for hydroxylation is 1. The van der Waals surface area contributed by atoms with Crippen molar-refractivity contribution in [1.29, 1.82) is 5.26 Å². The summed E-state index contributed by atoms with van der Waals surface area (Å²) in [6.45, 7) is 1.88. The molecule has 1 atom stereocenters. The monoisotopic (exact) mass is 366 g/mol. The molecule has 0 aliphatic heterocycles. The van der Waals surface area contributed by atoms with Gasteiger partial charge in [0.25, 0.3) is 10.0 Å². The smallest absolute Gasteiger partial charge is 0.263 e. The Kier molecular flexibility index (Phi) is 4.43. The van der Waals surface area contributed by atoms with Crippen LogP contribution < -0.4 is 0 Å². The number of carbonyl (C=O) groups is 1. The van der Waals surface area contributed by atoms with E-state index in [0.717, 1.165) is 9.87 Å². The fourth-order valence-electron chi connectivity index (χ4n) is 2.79. The second kappa shape index (κ2) is 6.43. The number of nitriles is 1. The van der Waals surface area contributed by atoms with E-state index in [9.17, 15) is 18.5 Å². The Balaban J connectivity index is 1.88. The number of carbonyl (C=O) groups excluding carboxylic acids is 1. The van der Waals surface area contributed by atoms with Crippen molar-refractivity contribution in [1.82, 2.24) is 4.31 Å². The molecule has 3 rings (SSSR count). The van der Waals surface area contributed by atoms with Crippen LogP contribution in [0.3, 0.4) is 0 Å². The van der Waals surface area contributed by atoms with Crippen LogP contribution in [-0.4, -0.2) is 25.6 Å². The van der Waals surface area contributed by atoms with Crippen LogP contribution in [0.5, 0.6) is 0 Å². The van der Waals surface area contributed by atoms with Gasteiger partial charge in [-0.2, -0.15) is 5.26 Å². The summed E-state index contributed by atoms with van der Waals surface area (Å²) in [5.74, 6) is -0.298. The summed E-state index contributed by atoms with van der Waals surface area (Å²) in [6, 6.07) is 17.2. The number of Topliss-reactive ketones (excluding diaryl/α,β-unsaturated/α-hetero) is 1. The lowest BCUT2D eigenvalue weighted by Crippen LogP contribution is -2.22. The Labute approximate surface area is 153 Å². The Morgan fingerprint density at radius 2 is 1.77 bits per heavy atom. The molecular formula is C20H18N2O3S. The van der Waals surface area contributed by atoms with Gasteiger partial charge in [0.2, 0.25) is 0 Å². The van der Waals surface area contributed by atoms with Gasteiger partial charge in [-0.15, -0.1) is 0 Å². The summed E-state index contributed by atoms with van der Waals surface area (Å²) in [6.07, 6.45) is 1.63. The van der Waals surface area contributed by atoms with E-state index in [-0.39, 0.29) is 17.1 Å². The normalized spacial score (nSPS) is 20.4. The zero-order valence-electron chi connectivity index (χ0n) is 14.5. The van der Waals surface area contributed by atoms with Crippen molar-refractivity contribution in [2.24, 2.45) is 5.41 Å². The van der Waals surface area contributed by atoms with E-state index in [2.05, 4.69) is 6.07 Å². The third-order valence-corrected chi connectivity index (χ3v) is 6.26. The zero-order chi connectivity index (χ0) is 18.9. The first kappa shape index (κ1) is 17.9. The molecule has 5 nitrogen and oxygen atoms in total. The summed E-state index contributed by atoms with van der Waals surface area (Å²) < 4.78 is 26.4. The average molecular weight is 366 g/mol. The minimum atomic E-state index is -3.72. The van der Waals surface area contributed by atoms with Crippen molar-refractivity contribution in [3.05, 3.63) is 77.5 Å². The van der Waals surface area contributed by atoms with Crippen LogP contribution in [-0.2, 0) is 10.0 Å². The van der Waals surface area contributed by atoms with E-state index in [0.29, 0.717) is 11.1 Å². The minimum absolute atomic E-state index is 0.167.